The molecule has 0 radical (unpaired) electrons. The van der Waals surface area contributed by atoms with E-state index in [2.05, 4.69) is 25.9 Å². The van der Waals surface area contributed by atoms with Gasteiger partial charge in [-0.3, -0.25) is 4.79 Å². The van der Waals surface area contributed by atoms with Crippen molar-refractivity contribution in [3.63, 3.8) is 0 Å². The Bertz CT molecular complexity index is 628. The van der Waals surface area contributed by atoms with Crippen LogP contribution in [0, 0.1) is 0 Å². The van der Waals surface area contributed by atoms with E-state index in [4.69, 9.17) is 16.3 Å². The minimum Gasteiger partial charge on any atom is -0.496 e. The fourth-order valence-electron chi connectivity index (χ4n) is 1.51. The topological polar surface area (TPSA) is 55.0 Å². The van der Waals surface area contributed by atoms with Crippen molar-refractivity contribution in [2.75, 3.05) is 7.11 Å². The van der Waals surface area contributed by atoms with Gasteiger partial charge < -0.3 is 9.72 Å². The van der Waals surface area contributed by atoms with Crippen LogP contribution < -0.4 is 10.3 Å². The number of alkyl halides is 1. The second-order valence-corrected chi connectivity index (χ2v) is 4.56. The molecule has 94 valence electrons. The molecule has 18 heavy (non-hydrogen) atoms. The van der Waals surface area contributed by atoms with Crippen LogP contribution >= 0.6 is 27.5 Å². The van der Waals surface area contributed by atoms with Crippen LogP contribution in [-0.2, 0) is 5.33 Å². The lowest BCUT2D eigenvalue weighted by Gasteiger charge is -2.08. The first-order valence-corrected chi connectivity index (χ1v) is 6.63. The SMILES string of the molecule is COc1cc(Cl)ccc1-c1ncc(CBr)c(=O)[nH]1. The number of nitrogens with zero attached hydrogens (tertiary/aromatic N) is 1. The Balaban J connectivity index is 2.55. The molecule has 2 rings (SSSR count). The smallest absolute Gasteiger partial charge is 0.255 e. The van der Waals surface area contributed by atoms with Crippen LogP contribution in [0.3, 0.4) is 0 Å². The number of rotatable bonds is 3. The van der Waals surface area contributed by atoms with Gasteiger partial charge in [0.2, 0.25) is 0 Å². The van der Waals surface area contributed by atoms with Crippen LogP contribution in [0.25, 0.3) is 11.4 Å². The molecule has 0 fully saturated rings. The van der Waals surface area contributed by atoms with E-state index < -0.39 is 0 Å². The number of H-pyrrole nitrogens is 1. The molecular formula is C12H10BrClN2O2. The maximum absolute atomic E-state index is 11.7. The zero-order valence-electron chi connectivity index (χ0n) is 9.54. The van der Waals surface area contributed by atoms with Gasteiger partial charge >= 0.3 is 0 Å². The number of hydrogen-bond acceptors (Lipinski definition) is 3. The molecule has 1 aromatic carbocycles. The maximum Gasteiger partial charge on any atom is 0.255 e. The van der Waals surface area contributed by atoms with Crippen molar-refractivity contribution in [2.24, 2.45) is 0 Å². The molecule has 0 bridgehead atoms. The highest BCUT2D eigenvalue weighted by atomic mass is 79.9. The van der Waals surface area contributed by atoms with Crippen molar-refractivity contribution in [2.45, 2.75) is 5.33 Å². The molecular weight excluding hydrogens is 320 g/mol. The summed E-state index contributed by atoms with van der Waals surface area (Å²) < 4.78 is 5.22. The summed E-state index contributed by atoms with van der Waals surface area (Å²) in [6, 6.07) is 5.15. The van der Waals surface area contributed by atoms with Gasteiger partial charge in [0.15, 0.2) is 0 Å². The van der Waals surface area contributed by atoms with Gasteiger partial charge in [-0.25, -0.2) is 4.98 Å². The molecule has 1 heterocycles. The van der Waals surface area contributed by atoms with Gasteiger partial charge in [-0.1, -0.05) is 27.5 Å². The van der Waals surface area contributed by atoms with Crippen LogP contribution in [0.15, 0.2) is 29.2 Å². The number of nitrogens with one attached hydrogen (secondary N) is 1. The van der Waals surface area contributed by atoms with Crippen LogP contribution in [0.1, 0.15) is 5.56 Å². The Morgan fingerprint density at radius 1 is 1.50 bits per heavy atom. The van der Waals surface area contributed by atoms with E-state index in [0.717, 1.165) is 0 Å². The van der Waals surface area contributed by atoms with Crippen LogP contribution in [0.5, 0.6) is 5.75 Å². The molecule has 0 saturated heterocycles. The van der Waals surface area contributed by atoms with Crippen molar-refractivity contribution in [1.29, 1.82) is 0 Å². The Hall–Kier alpha value is -1.33. The number of aromatic nitrogens is 2. The number of benzene rings is 1. The molecule has 6 heteroatoms. The summed E-state index contributed by atoms with van der Waals surface area (Å²) in [4.78, 5) is 18.6. The first-order valence-electron chi connectivity index (χ1n) is 5.13. The highest BCUT2D eigenvalue weighted by Gasteiger charge is 2.10. The van der Waals surface area contributed by atoms with Gasteiger partial charge in [0, 0.05) is 22.1 Å². The predicted octanol–water partition coefficient (Wildman–Crippen LogP) is 2.99. The third kappa shape index (κ3) is 2.57. The summed E-state index contributed by atoms with van der Waals surface area (Å²) in [6.45, 7) is 0. The Kier molecular flexibility index (Phi) is 4.04. The Labute approximate surface area is 117 Å². The molecule has 0 aliphatic carbocycles. The van der Waals surface area contributed by atoms with Crippen molar-refractivity contribution in [1.82, 2.24) is 9.97 Å². The second kappa shape index (κ2) is 5.54. The number of ether oxygens (including phenoxy) is 1. The van der Waals surface area contributed by atoms with E-state index in [-0.39, 0.29) is 5.56 Å². The number of aromatic amines is 1. The third-order valence-corrected chi connectivity index (χ3v) is 3.27. The first-order chi connectivity index (χ1) is 8.65. The first kappa shape index (κ1) is 13.1. The zero-order valence-corrected chi connectivity index (χ0v) is 11.9. The average Bonchev–Trinajstić information content (AvgIpc) is 2.38. The van der Waals surface area contributed by atoms with Crippen LogP contribution in [0.2, 0.25) is 5.02 Å². The van der Waals surface area contributed by atoms with Gasteiger partial charge in [0.05, 0.1) is 12.7 Å². The van der Waals surface area contributed by atoms with Gasteiger partial charge in [0.25, 0.3) is 5.56 Å². The van der Waals surface area contributed by atoms with E-state index in [1.54, 1.807) is 25.3 Å². The minimum atomic E-state index is -0.172. The molecule has 2 aromatic rings. The largest absolute Gasteiger partial charge is 0.496 e. The molecule has 0 spiro atoms. The number of hydrogen-bond donors (Lipinski definition) is 1. The Morgan fingerprint density at radius 3 is 2.89 bits per heavy atom. The molecule has 4 nitrogen and oxygen atoms in total. The highest BCUT2D eigenvalue weighted by Crippen LogP contribution is 2.29. The Morgan fingerprint density at radius 2 is 2.28 bits per heavy atom. The average molecular weight is 330 g/mol. The van der Waals surface area contributed by atoms with Crippen molar-refractivity contribution in [3.05, 3.63) is 45.3 Å². The molecule has 0 aliphatic rings. The molecule has 1 aromatic heterocycles. The molecule has 0 unspecified atom stereocenters. The van der Waals surface area contributed by atoms with Gasteiger partial charge in [-0.15, -0.1) is 0 Å². The molecule has 0 aliphatic heterocycles. The van der Waals surface area contributed by atoms with Gasteiger partial charge in [0.1, 0.15) is 11.6 Å². The molecule has 0 saturated carbocycles. The summed E-state index contributed by atoms with van der Waals surface area (Å²) in [7, 11) is 1.54. The van der Waals surface area contributed by atoms with Crippen molar-refractivity contribution < 1.29 is 4.74 Å². The van der Waals surface area contributed by atoms with Gasteiger partial charge in [-0.2, -0.15) is 0 Å². The summed E-state index contributed by atoms with van der Waals surface area (Å²) in [5, 5.41) is 1.03. The van der Waals surface area contributed by atoms with E-state index >= 15 is 0 Å². The molecule has 0 atom stereocenters. The lowest BCUT2D eigenvalue weighted by molar-refractivity contribution is 0.416. The summed E-state index contributed by atoms with van der Waals surface area (Å²) in [5.41, 5.74) is 1.10. The fraction of sp³-hybridized carbons (Fsp3) is 0.167. The van der Waals surface area contributed by atoms with E-state index in [1.807, 2.05) is 0 Å². The van der Waals surface area contributed by atoms with Crippen LogP contribution in [-0.4, -0.2) is 17.1 Å². The quantitative estimate of drug-likeness (QED) is 0.881. The van der Waals surface area contributed by atoms with E-state index in [1.165, 1.54) is 6.20 Å². The fourth-order valence-corrected chi connectivity index (χ4v) is 2.08. The standard InChI is InChI=1S/C12H10BrClN2O2/c1-18-10-4-8(14)2-3-9(10)11-15-6-7(5-13)12(17)16-11/h2-4,6H,5H2,1H3,(H,15,16,17). The number of methoxy groups -OCH3 is 1. The number of halogens is 2. The van der Waals surface area contributed by atoms with E-state index in [9.17, 15) is 4.79 Å². The van der Waals surface area contributed by atoms with E-state index in [0.29, 0.717) is 33.1 Å². The van der Waals surface area contributed by atoms with Gasteiger partial charge in [-0.05, 0) is 18.2 Å². The summed E-state index contributed by atoms with van der Waals surface area (Å²) >= 11 is 9.11. The maximum atomic E-state index is 11.7. The summed E-state index contributed by atoms with van der Waals surface area (Å²) in [5.74, 6) is 1.02. The van der Waals surface area contributed by atoms with Crippen molar-refractivity contribution in [3.8, 4) is 17.1 Å². The minimum absolute atomic E-state index is 0.172. The highest BCUT2D eigenvalue weighted by molar-refractivity contribution is 9.08. The normalized spacial score (nSPS) is 10.4. The lowest BCUT2D eigenvalue weighted by Crippen LogP contribution is -2.13. The molecule has 0 amide bonds. The zero-order chi connectivity index (χ0) is 13.1. The monoisotopic (exact) mass is 328 g/mol. The second-order valence-electron chi connectivity index (χ2n) is 3.56. The van der Waals surface area contributed by atoms with Crippen LogP contribution in [0.4, 0.5) is 0 Å². The predicted molar refractivity (Wildman–Crippen MR) is 74.5 cm³/mol. The lowest BCUT2D eigenvalue weighted by atomic mass is 10.2. The van der Waals surface area contributed by atoms with Crippen molar-refractivity contribution >= 4 is 27.5 Å². The third-order valence-electron chi connectivity index (χ3n) is 2.44. The molecule has 1 N–H and O–H groups in total. The summed E-state index contributed by atoms with van der Waals surface area (Å²) in [6.07, 6.45) is 1.54.